The van der Waals surface area contributed by atoms with Gasteiger partial charge < -0.3 is 5.11 Å². The van der Waals surface area contributed by atoms with Crippen LogP contribution < -0.4 is 0 Å². The summed E-state index contributed by atoms with van der Waals surface area (Å²) in [6, 6.07) is 1.41. The molecule has 2 aromatic rings. The molecule has 2 heterocycles. The SMILES string of the molecule is OCc1nc2nc(CF)cc([S])n2n1. The van der Waals surface area contributed by atoms with Crippen molar-refractivity contribution in [1.82, 2.24) is 19.6 Å². The Morgan fingerprint density at radius 2 is 2.29 bits per heavy atom. The number of rotatable bonds is 2. The molecule has 14 heavy (non-hydrogen) atoms. The van der Waals surface area contributed by atoms with Crippen LogP contribution in [0.3, 0.4) is 0 Å². The van der Waals surface area contributed by atoms with E-state index in [4.69, 9.17) is 17.7 Å². The van der Waals surface area contributed by atoms with Crippen molar-refractivity contribution >= 4 is 18.4 Å². The van der Waals surface area contributed by atoms with E-state index in [1.807, 2.05) is 0 Å². The number of hydrogen-bond acceptors (Lipinski definition) is 4. The van der Waals surface area contributed by atoms with Gasteiger partial charge in [0.25, 0.3) is 5.78 Å². The lowest BCUT2D eigenvalue weighted by Gasteiger charge is -1.96. The van der Waals surface area contributed by atoms with Gasteiger partial charge in [0.15, 0.2) is 5.82 Å². The van der Waals surface area contributed by atoms with Gasteiger partial charge in [0.1, 0.15) is 18.3 Å². The molecule has 2 aromatic heterocycles. The first-order chi connectivity index (χ1) is 6.74. The van der Waals surface area contributed by atoms with Crippen molar-refractivity contribution < 1.29 is 9.50 Å². The predicted octanol–water partition coefficient (Wildman–Crippen LogP) is 0.642. The van der Waals surface area contributed by atoms with E-state index in [2.05, 4.69) is 15.1 Å². The smallest absolute Gasteiger partial charge is 0.254 e. The monoisotopic (exact) mass is 213 g/mol. The zero-order valence-corrected chi connectivity index (χ0v) is 7.83. The number of halogens is 1. The molecule has 73 valence electrons. The van der Waals surface area contributed by atoms with Crippen molar-refractivity contribution in [1.29, 1.82) is 0 Å². The molecule has 7 heteroatoms. The molecule has 1 radical (unpaired) electrons. The lowest BCUT2D eigenvalue weighted by molar-refractivity contribution is 0.271. The zero-order valence-electron chi connectivity index (χ0n) is 7.01. The number of aliphatic hydroxyl groups is 1. The van der Waals surface area contributed by atoms with Gasteiger partial charge >= 0.3 is 0 Å². The van der Waals surface area contributed by atoms with Crippen molar-refractivity contribution in [2.24, 2.45) is 0 Å². The standard InChI is InChI=1S/C7H6FN4OS/c8-2-4-1-6(14)12-7(9-4)10-5(3-13)11-12/h1,13H,2-3H2. The minimum absolute atomic E-state index is 0.217. The van der Waals surface area contributed by atoms with Gasteiger partial charge in [-0.3, -0.25) is 0 Å². The molecule has 1 N–H and O–H groups in total. The molecule has 0 saturated carbocycles. The normalized spacial score (nSPS) is 11.0. The molecule has 0 aliphatic heterocycles. The number of fused-ring (bicyclic) bond motifs is 1. The lowest BCUT2D eigenvalue weighted by atomic mass is 10.4. The van der Waals surface area contributed by atoms with Crippen molar-refractivity contribution in [2.45, 2.75) is 18.3 Å². The third kappa shape index (κ3) is 1.40. The van der Waals surface area contributed by atoms with Gasteiger partial charge in [0.2, 0.25) is 0 Å². The van der Waals surface area contributed by atoms with E-state index in [1.165, 1.54) is 10.6 Å². The second-order valence-corrected chi connectivity index (χ2v) is 3.04. The molecule has 0 aromatic carbocycles. The largest absolute Gasteiger partial charge is 0.388 e. The Morgan fingerprint density at radius 1 is 1.50 bits per heavy atom. The summed E-state index contributed by atoms with van der Waals surface area (Å²) in [6.07, 6.45) is 0. The number of nitrogens with zero attached hydrogens (tertiary/aromatic N) is 4. The molecule has 0 saturated heterocycles. The van der Waals surface area contributed by atoms with E-state index in [-0.39, 0.29) is 23.9 Å². The molecule has 0 fully saturated rings. The maximum Gasteiger partial charge on any atom is 0.254 e. The van der Waals surface area contributed by atoms with E-state index < -0.39 is 6.67 Å². The van der Waals surface area contributed by atoms with Gasteiger partial charge in [-0.15, -0.1) is 5.10 Å². The first kappa shape index (κ1) is 9.22. The number of hydrogen-bond donors (Lipinski definition) is 1. The third-order valence-corrected chi connectivity index (χ3v) is 1.95. The average molecular weight is 213 g/mol. The van der Waals surface area contributed by atoms with Crippen LogP contribution in [-0.2, 0) is 13.3 Å². The van der Waals surface area contributed by atoms with Crippen LogP contribution in [0, 0.1) is 0 Å². The molecule has 5 nitrogen and oxygen atoms in total. The Labute approximate surface area is 84.0 Å². The summed E-state index contributed by atoms with van der Waals surface area (Å²) < 4.78 is 13.6. The minimum atomic E-state index is -0.693. The summed E-state index contributed by atoms with van der Waals surface area (Å²) in [4.78, 5) is 7.72. The summed E-state index contributed by atoms with van der Waals surface area (Å²) in [5.41, 5.74) is 0.222. The molecule has 0 amide bonds. The van der Waals surface area contributed by atoms with Gasteiger partial charge in [-0.1, -0.05) is 12.6 Å². The fourth-order valence-corrected chi connectivity index (χ4v) is 1.32. The molecular weight excluding hydrogens is 207 g/mol. The first-order valence-corrected chi connectivity index (χ1v) is 4.25. The fraction of sp³-hybridized carbons (Fsp3) is 0.286. The predicted molar refractivity (Wildman–Crippen MR) is 47.4 cm³/mol. The Morgan fingerprint density at radius 3 is 2.93 bits per heavy atom. The van der Waals surface area contributed by atoms with Crippen molar-refractivity contribution in [2.75, 3.05) is 0 Å². The highest BCUT2D eigenvalue weighted by Gasteiger charge is 2.08. The summed E-state index contributed by atoms with van der Waals surface area (Å²) >= 11 is 4.94. The van der Waals surface area contributed by atoms with Crippen LogP contribution in [0.15, 0.2) is 11.1 Å². The van der Waals surface area contributed by atoms with Crippen molar-refractivity contribution in [3.05, 3.63) is 17.6 Å². The third-order valence-electron chi connectivity index (χ3n) is 1.65. The summed E-state index contributed by atoms with van der Waals surface area (Å²) in [6.45, 7) is -0.982. The first-order valence-electron chi connectivity index (χ1n) is 3.84. The topological polar surface area (TPSA) is 63.3 Å². The van der Waals surface area contributed by atoms with Crippen LogP contribution in [0.4, 0.5) is 4.39 Å². The molecule has 2 rings (SSSR count). The van der Waals surface area contributed by atoms with Crippen LogP contribution in [0.25, 0.3) is 5.78 Å². The molecule has 0 spiro atoms. The van der Waals surface area contributed by atoms with Gasteiger partial charge in [0.05, 0.1) is 5.69 Å². The Kier molecular flexibility index (Phi) is 2.26. The van der Waals surface area contributed by atoms with Gasteiger partial charge in [-0.05, 0) is 6.07 Å². The van der Waals surface area contributed by atoms with Crippen LogP contribution in [-0.4, -0.2) is 24.7 Å². The van der Waals surface area contributed by atoms with Crippen LogP contribution in [0.5, 0.6) is 0 Å². The molecule has 0 atom stereocenters. The second kappa shape index (κ2) is 3.43. The molecule has 0 unspecified atom stereocenters. The summed E-state index contributed by atoms with van der Waals surface area (Å²) in [7, 11) is 0. The number of aliphatic hydroxyl groups excluding tert-OH is 1. The average Bonchev–Trinajstić information content (AvgIpc) is 2.61. The van der Waals surface area contributed by atoms with E-state index in [9.17, 15) is 4.39 Å². The lowest BCUT2D eigenvalue weighted by Crippen LogP contribution is -1.97. The van der Waals surface area contributed by atoms with Crippen LogP contribution in [0.1, 0.15) is 11.5 Å². The molecule has 0 aliphatic rings. The Balaban J connectivity index is 2.67. The van der Waals surface area contributed by atoms with E-state index in [1.54, 1.807) is 0 Å². The van der Waals surface area contributed by atoms with Crippen molar-refractivity contribution in [3.8, 4) is 0 Å². The molecule has 0 aliphatic carbocycles. The Hall–Kier alpha value is -1.34. The highest BCUT2D eigenvalue weighted by Crippen LogP contribution is 2.11. The van der Waals surface area contributed by atoms with Crippen LogP contribution in [0.2, 0.25) is 0 Å². The van der Waals surface area contributed by atoms with Gasteiger partial charge in [-0.25, -0.2) is 9.37 Å². The van der Waals surface area contributed by atoms with Gasteiger partial charge in [0, 0.05) is 0 Å². The molecular formula is C7H6FN4OS. The highest BCUT2D eigenvalue weighted by atomic mass is 32.1. The summed E-state index contributed by atoms with van der Waals surface area (Å²) in [5.74, 6) is 0.439. The Bertz CT molecular complexity index is 472. The number of alkyl halides is 1. The maximum atomic E-state index is 12.3. The van der Waals surface area contributed by atoms with Gasteiger partial charge in [-0.2, -0.15) is 9.50 Å². The number of aromatic nitrogens is 4. The van der Waals surface area contributed by atoms with Crippen molar-refractivity contribution in [3.63, 3.8) is 0 Å². The summed E-state index contributed by atoms with van der Waals surface area (Å²) in [5, 5.41) is 13.0. The molecule has 0 bridgehead atoms. The second-order valence-electron chi connectivity index (χ2n) is 2.62. The zero-order chi connectivity index (χ0) is 10.1. The van der Waals surface area contributed by atoms with Crippen LogP contribution >= 0.6 is 12.6 Å². The van der Waals surface area contributed by atoms with E-state index >= 15 is 0 Å². The fourth-order valence-electron chi connectivity index (χ4n) is 1.07. The highest BCUT2D eigenvalue weighted by molar-refractivity contribution is 7.80. The minimum Gasteiger partial charge on any atom is -0.388 e. The van der Waals surface area contributed by atoms with E-state index in [0.717, 1.165) is 0 Å². The van der Waals surface area contributed by atoms with E-state index in [0.29, 0.717) is 5.03 Å². The maximum absolute atomic E-state index is 12.3. The quantitative estimate of drug-likeness (QED) is 0.744.